The molecule has 0 aliphatic rings. The molecule has 0 unspecified atom stereocenters. The van der Waals surface area contributed by atoms with Crippen LogP contribution in [0.15, 0.2) is 47.0 Å². The Hall–Kier alpha value is -2.32. The van der Waals surface area contributed by atoms with Crippen molar-refractivity contribution in [1.29, 1.82) is 0 Å². The first-order chi connectivity index (χ1) is 14.0. The summed E-state index contributed by atoms with van der Waals surface area (Å²) in [6.45, 7) is 0. The van der Waals surface area contributed by atoms with Gasteiger partial charge in [0.2, 0.25) is 0 Å². The Morgan fingerprint density at radius 1 is 1.00 bits per heavy atom. The molecule has 0 spiro atoms. The molecule has 2 rings (SSSR count). The van der Waals surface area contributed by atoms with E-state index in [0.29, 0.717) is 35.2 Å². The van der Waals surface area contributed by atoms with Crippen molar-refractivity contribution in [2.24, 2.45) is 0 Å². The fourth-order valence-corrected chi connectivity index (χ4v) is 3.86. The number of carbonyl (C=O) groups is 1. The first kappa shape index (κ1) is 23.0. The smallest absolute Gasteiger partial charge is 0.253 e. The van der Waals surface area contributed by atoms with Crippen molar-refractivity contribution in [3.8, 4) is 23.0 Å². The van der Waals surface area contributed by atoms with E-state index in [9.17, 15) is 4.79 Å². The number of nitrogens with one attached hydrogen (secondary N) is 1. The van der Waals surface area contributed by atoms with Crippen LogP contribution in [0.5, 0.6) is 23.0 Å². The van der Waals surface area contributed by atoms with Crippen LogP contribution in [0.25, 0.3) is 0 Å². The highest BCUT2D eigenvalue weighted by molar-refractivity contribution is 9.10. The van der Waals surface area contributed by atoms with Crippen molar-refractivity contribution in [3.63, 3.8) is 0 Å². The van der Waals surface area contributed by atoms with Crippen molar-refractivity contribution < 1.29 is 23.7 Å². The lowest BCUT2D eigenvalue weighted by atomic mass is 10.1. The van der Waals surface area contributed by atoms with E-state index in [-0.39, 0.29) is 5.91 Å². The van der Waals surface area contributed by atoms with Gasteiger partial charge in [0.15, 0.2) is 23.0 Å². The number of hydrogen-bond acceptors (Lipinski definition) is 6. The minimum Gasteiger partial charge on any atom is -0.493 e. The summed E-state index contributed by atoms with van der Waals surface area (Å²) in [5.74, 6) is 3.06. The Labute approximate surface area is 183 Å². The number of hydrogen-bond donors (Lipinski definition) is 1. The summed E-state index contributed by atoms with van der Waals surface area (Å²) in [6.07, 6.45) is 3.90. The molecule has 0 aliphatic carbocycles. The van der Waals surface area contributed by atoms with Crippen molar-refractivity contribution in [2.75, 3.05) is 28.4 Å². The summed E-state index contributed by atoms with van der Waals surface area (Å²) in [4.78, 5) is 12.0. The van der Waals surface area contributed by atoms with E-state index in [0.717, 1.165) is 15.6 Å². The molecule has 2 aromatic rings. The van der Waals surface area contributed by atoms with Crippen molar-refractivity contribution in [2.45, 2.75) is 12.2 Å². The van der Waals surface area contributed by atoms with E-state index in [2.05, 4.69) is 20.7 Å². The van der Waals surface area contributed by atoms with Crippen LogP contribution < -0.4 is 23.7 Å². The normalized spacial score (nSPS) is 10.7. The summed E-state index contributed by atoms with van der Waals surface area (Å²) in [6, 6.07) is 9.44. The summed E-state index contributed by atoms with van der Waals surface area (Å²) in [5.41, 5.74) is 2.01. The monoisotopic (exact) mass is 481 g/mol. The van der Waals surface area contributed by atoms with Gasteiger partial charge in [0.05, 0.1) is 32.9 Å². The summed E-state index contributed by atoms with van der Waals surface area (Å²) in [7, 11) is 6.37. The van der Waals surface area contributed by atoms with Gasteiger partial charge < -0.3 is 18.9 Å². The van der Waals surface area contributed by atoms with Crippen molar-refractivity contribution in [1.82, 2.24) is 4.72 Å². The average Bonchev–Trinajstić information content (AvgIpc) is 2.74. The number of benzene rings is 2. The largest absolute Gasteiger partial charge is 0.493 e. The molecule has 6 nitrogen and oxygen atoms in total. The van der Waals surface area contributed by atoms with Crippen LogP contribution >= 0.6 is 27.9 Å². The molecule has 0 aromatic heterocycles. The summed E-state index contributed by atoms with van der Waals surface area (Å²) < 4.78 is 24.8. The molecule has 0 fully saturated rings. The average molecular weight is 482 g/mol. The predicted molar refractivity (Wildman–Crippen MR) is 119 cm³/mol. The van der Waals surface area contributed by atoms with Crippen molar-refractivity contribution in [3.05, 3.63) is 58.1 Å². The molecule has 0 heterocycles. The molecule has 2 aromatic carbocycles. The highest BCUT2D eigenvalue weighted by Crippen LogP contribution is 2.37. The van der Waals surface area contributed by atoms with Gasteiger partial charge in [0.1, 0.15) is 0 Å². The highest BCUT2D eigenvalue weighted by Gasteiger charge is 2.11. The number of methoxy groups -OCH3 is 4. The molecule has 29 heavy (non-hydrogen) atoms. The zero-order chi connectivity index (χ0) is 21.2. The van der Waals surface area contributed by atoms with Crippen LogP contribution in [0.2, 0.25) is 0 Å². The van der Waals surface area contributed by atoms with E-state index in [1.165, 1.54) is 18.0 Å². The highest BCUT2D eigenvalue weighted by atomic mass is 79.9. The van der Waals surface area contributed by atoms with E-state index in [1.54, 1.807) is 34.5 Å². The number of rotatable bonds is 10. The van der Waals surface area contributed by atoms with Gasteiger partial charge in [-0.15, -0.1) is 0 Å². The topological polar surface area (TPSA) is 66.0 Å². The van der Waals surface area contributed by atoms with E-state index >= 15 is 0 Å². The first-order valence-corrected chi connectivity index (χ1v) is 10.5. The molecule has 0 aliphatic heterocycles. The van der Waals surface area contributed by atoms with Crippen LogP contribution in [0.1, 0.15) is 11.1 Å². The number of halogens is 1. The third kappa shape index (κ3) is 6.33. The zero-order valence-electron chi connectivity index (χ0n) is 16.8. The second kappa shape index (κ2) is 11.6. The van der Waals surface area contributed by atoms with E-state index in [1.807, 2.05) is 30.3 Å². The van der Waals surface area contributed by atoms with Crippen LogP contribution in [-0.2, 0) is 17.0 Å². The van der Waals surface area contributed by atoms with Gasteiger partial charge in [-0.1, -0.05) is 18.2 Å². The number of carbonyl (C=O) groups excluding carboxylic acids is 1. The Morgan fingerprint density at radius 3 is 2.34 bits per heavy atom. The van der Waals surface area contributed by atoms with E-state index < -0.39 is 0 Å². The van der Waals surface area contributed by atoms with Gasteiger partial charge in [-0.2, -0.15) is 0 Å². The van der Waals surface area contributed by atoms with Crippen LogP contribution in [-0.4, -0.2) is 34.3 Å². The molecule has 0 saturated heterocycles. The molecule has 0 radical (unpaired) electrons. The Bertz CT molecular complexity index is 872. The van der Waals surface area contributed by atoms with Gasteiger partial charge in [0, 0.05) is 11.8 Å². The molecular formula is C21H24BrNO5S. The lowest BCUT2D eigenvalue weighted by Gasteiger charge is -2.12. The predicted octanol–water partition coefficient (Wildman–Crippen LogP) is 4.55. The minimum absolute atomic E-state index is 0.174. The fourth-order valence-electron chi connectivity index (χ4n) is 2.58. The molecule has 0 atom stereocenters. The van der Waals surface area contributed by atoms with E-state index in [4.69, 9.17) is 18.9 Å². The molecule has 8 heteroatoms. The van der Waals surface area contributed by atoms with Gasteiger partial charge in [-0.05, 0) is 63.6 Å². The fraction of sp³-hybridized carbons (Fsp3) is 0.286. The number of allylic oxidation sites excluding steroid dienone is 1. The first-order valence-electron chi connectivity index (χ1n) is 8.72. The third-order valence-corrected chi connectivity index (χ3v) is 5.72. The lowest BCUT2D eigenvalue weighted by Crippen LogP contribution is -2.12. The Morgan fingerprint density at radius 2 is 1.69 bits per heavy atom. The SMILES string of the molecule is COc1ccc(CSNC(=O)/C=C/Cc2ccc(OC)c(OC)c2Br)cc1OC. The van der Waals surface area contributed by atoms with Crippen LogP contribution in [0, 0.1) is 0 Å². The Kier molecular flexibility index (Phi) is 9.21. The Balaban J connectivity index is 1.86. The second-order valence-corrected chi connectivity index (χ2v) is 7.40. The van der Waals surface area contributed by atoms with Crippen LogP contribution in [0.4, 0.5) is 0 Å². The van der Waals surface area contributed by atoms with Gasteiger partial charge in [0.25, 0.3) is 5.91 Å². The second-order valence-electron chi connectivity index (χ2n) is 5.82. The molecule has 156 valence electrons. The zero-order valence-corrected chi connectivity index (χ0v) is 19.2. The third-order valence-electron chi connectivity index (χ3n) is 4.03. The molecule has 1 amide bonds. The quantitative estimate of drug-likeness (QED) is 0.396. The van der Waals surface area contributed by atoms with Crippen molar-refractivity contribution >= 4 is 33.8 Å². The van der Waals surface area contributed by atoms with Gasteiger partial charge in [-0.25, -0.2) is 0 Å². The van der Waals surface area contributed by atoms with Crippen LogP contribution in [0.3, 0.4) is 0 Å². The molecule has 0 bridgehead atoms. The summed E-state index contributed by atoms with van der Waals surface area (Å²) >= 11 is 4.84. The molecular weight excluding hydrogens is 458 g/mol. The number of amides is 1. The minimum atomic E-state index is -0.174. The molecule has 1 N–H and O–H groups in total. The summed E-state index contributed by atoms with van der Waals surface area (Å²) in [5, 5.41) is 0. The number of ether oxygens (including phenoxy) is 4. The maximum atomic E-state index is 12.0. The standard InChI is InChI=1S/C21H24BrNO5S/c1-25-16-10-8-14(12-18(16)27-3)13-29-23-19(24)7-5-6-15-9-11-17(26-2)21(28-4)20(15)22/h5,7-12H,6,13H2,1-4H3,(H,23,24)/b7-5+. The maximum Gasteiger partial charge on any atom is 0.253 e. The van der Waals surface area contributed by atoms with Gasteiger partial charge >= 0.3 is 0 Å². The maximum absolute atomic E-state index is 12.0. The molecule has 0 saturated carbocycles. The lowest BCUT2D eigenvalue weighted by molar-refractivity contribution is -0.114. The van der Waals surface area contributed by atoms with Gasteiger partial charge in [-0.3, -0.25) is 9.52 Å².